The average molecular weight is 202 g/mol. The summed E-state index contributed by atoms with van der Waals surface area (Å²) in [5, 5.41) is 2.85. The van der Waals surface area contributed by atoms with Gasteiger partial charge in [0.05, 0.1) is 6.61 Å². The van der Waals surface area contributed by atoms with E-state index in [0.717, 1.165) is 0 Å². The molecular weight excluding hydrogens is 180 g/mol. The van der Waals surface area contributed by atoms with Gasteiger partial charge in [-0.2, -0.15) is 0 Å². The fourth-order valence-electron chi connectivity index (χ4n) is 1.06. The molecule has 0 aromatic heterocycles. The number of nitrogens with zero attached hydrogens (tertiary/aromatic N) is 1. The second-order valence-corrected chi connectivity index (χ2v) is 3.38. The summed E-state index contributed by atoms with van der Waals surface area (Å²) in [5.41, 5.74) is 0. The third kappa shape index (κ3) is 5.80. The maximum Gasteiger partial charge on any atom is 0.317 e. The topological polar surface area (TPSA) is 41.6 Å². The van der Waals surface area contributed by atoms with Crippen LogP contribution in [0.1, 0.15) is 27.7 Å². The van der Waals surface area contributed by atoms with Crippen LogP contribution in [0.2, 0.25) is 0 Å². The van der Waals surface area contributed by atoms with Crippen molar-refractivity contribution in [3.05, 3.63) is 0 Å². The molecular formula is C10H22N2O2. The first-order valence-corrected chi connectivity index (χ1v) is 5.25. The molecule has 0 fully saturated rings. The summed E-state index contributed by atoms with van der Waals surface area (Å²) >= 11 is 0. The van der Waals surface area contributed by atoms with Gasteiger partial charge in [0, 0.05) is 25.7 Å². The molecule has 1 N–H and O–H groups in total. The summed E-state index contributed by atoms with van der Waals surface area (Å²) in [6.45, 7) is 10.5. The summed E-state index contributed by atoms with van der Waals surface area (Å²) in [7, 11) is 0. The highest BCUT2D eigenvalue weighted by Crippen LogP contribution is 1.91. The number of urea groups is 1. The second kappa shape index (κ2) is 7.62. The number of carbonyl (C=O) groups is 1. The SMILES string of the molecule is CCOCCN(CC)C(=O)NC(C)C. The van der Waals surface area contributed by atoms with Gasteiger partial charge >= 0.3 is 6.03 Å². The zero-order valence-corrected chi connectivity index (χ0v) is 9.67. The van der Waals surface area contributed by atoms with Crippen molar-refractivity contribution in [3.63, 3.8) is 0 Å². The Morgan fingerprint density at radius 2 is 2.07 bits per heavy atom. The molecule has 0 aliphatic rings. The van der Waals surface area contributed by atoms with Crippen LogP contribution in [0, 0.1) is 0 Å². The highest BCUT2D eigenvalue weighted by Gasteiger charge is 2.11. The van der Waals surface area contributed by atoms with Crippen molar-refractivity contribution in [3.8, 4) is 0 Å². The molecule has 0 saturated heterocycles. The Hall–Kier alpha value is -0.770. The van der Waals surface area contributed by atoms with Crippen molar-refractivity contribution in [2.45, 2.75) is 33.7 Å². The van der Waals surface area contributed by atoms with Gasteiger partial charge in [0.25, 0.3) is 0 Å². The number of nitrogens with one attached hydrogen (secondary N) is 1. The van der Waals surface area contributed by atoms with E-state index >= 15 is 0 Å². The molecule has 0 atom stereocenters. The molecule has 4 nitrogen and oxygen atoms in total. The van der Waals surface area contributed by atoms with Gasteiger partial charge in [-0.25, -0.2) is 4.79 Å². The summed E-state index contributed by atoms with van der Waals surface area (Å²) in [6, 6.07) is 0.172. The smallest absolute Gasteiger partial charge is 0.317 e. The minimum atomic E-state index is -0.0118. The summed E-state index contributed by atoms with van der Waals surface area (Å²) in [4.78, 5) is 13.3. The fraction of sp³-hybridized carbons (Fsp3) is 0.900. The lowest BCUT2D eigenvalue weighted by Crippen LogP contribution is -2.44. The molecule has 14 heavy (non-hydrogen) atoms. The molecule has 0 bridgehead atoms. The Morgan fingerprint density at radius 3 is 2.50 bits per heavy atom. The van der Waals surface area contributed by atoms with E-state index < -0.39 is 0 Å². The first kappa shape index (κ1) is 13.2. The van der Waals surface area contributed by atoms with Gasteiger partial charge in [-0.05, 0) is 27.7 Å². The predicted molar refractivity (Wildman–Crippen MR) is 57.4 cm³/mol. The number of hydrogen-bond acceptors (Lipinski definition) is 2. The summed E-state index contributed by atoms with van der Waals surface area (Å²) in [5.74, 6) is 0. The maximum atomic E-state index is 11.5. The molecule has 2 amide bonds. The van der Waals surface area contributed by atoms with E-state index in [-0.39, 0.29) is 12.1 Å². The largest absolute Gasteiger partial charge is 0.380 e. The third-order valence-electron chi connectivity index (χ3n) is 1.79. The average Bonchev–Trinajstić information content (AvgIpc) is 2.11. The lowest BCUT2D eigenvalue weighted by atomic mass is 10.4. The number of hydrogen-bond donors (Lipinski definition) is 1. The molecule has 0 heterocycles. The van der Waals surface area contributed by atoms with Crippen LogP contribution >= 0.6 is 0 Å². The molecule has 84 valence electrons. The van der Waals surface area contributed by atoms with Crippen LogP contribution in [-0.2, 0) is 4.74 Å². The minimum Gasteiger partial charge on any atom is -0.380 e. The number of likely N-dealkylation sites (N-methyl/N-ethyl adjacent to an activating group) is 1. The zero-order chi connectivity index (χ0) is 11.0. The van der Waals surface area contributed by atoms with Crippen molar-refractivity contribution < 1.29 is 9.53 Å². The molecule has 0 aliphatic heterocycles. The third-order valence-corrected chi connectivity index (χ3v) is 1.79. The van der Waals surface area contributed by atoms with Crippen LogP contribution in [0.3, 0.4) is 0 Å². The van der Waals surface area contributed by atoms with Crippen molar-refractivity contribution in [2.24, 2.45) is 0 Å². The van der Waals surface area contributed by atoms with Crippen molar-refractivity contribution in [1.82, 2.24) is 10.2 Å². The monoisotopic (exact) mass is 202 g/mol. The Labute approximate surface area is 86.6 Å². The van der Waals surface area contributed by atoms with E-state index in [2.05, 4.69) is 5.32 Å². The summed E-state index contributed by atoms with van der Waals surface area (Å²) < 4.78 is 5.20. The molecule has 0 unspecified atom stereocenters. The Balaban J connectivity index is 3.81. The van der Waals surface area contributed by atoms with E-state index in [1.54, 1.807) is 4.90 Å². The number of ether oxygens (including phenoxy) is 1. The minimum absolute atomic E-state index is 0.0118. The Bertz CT molecular complexity index is 160. The second-order valence-electron chi connectivity index (χ2n) is 3.38. The van der Waals surface area contributed by atoms with Crippen LogP contribution in [0.25, 0.3) is 0 Å². The van der Waals surface area contributed by atoms with Crippen LogP contribution in [0.15, 0.2) is 0 Å². The maximum absolute atomic E-state index is 11.5. The van der Waals surface area contributed by atoms with E-state index in [9.17, 15) is 4.79 Å². The summed E-state index contributed by atoms with van der Waals surface area (Å²) in [6.07, 6.45) is 0. The lowest BCUT2D eigenvalue weighted by Gasteiger charge is -2.22. The van der Waals surface area contributed by atoms with Crippen molar-refractivity contribution >= 4 is 6.03 Å². The quantitative estimate of drug-likeness (QED) is 0.663. The molecule has 0 rings (SSSR count). The van der Waals surface area contributed by atoms with Gasteiger partial charge in [-0.15, -0.1) is 0 Å². The van der Waals surface area contributed by atoms with Gasteiger partial charge in [0.1, 0.15) is 0 Å². The van der Waals surface area contributed by atoms with Gasteiger partial charge < -0.3 is 15.0 Å². The van der Waals surface area contributed by atoms with Gasteiger partial charge in [-0.1, -0.05) is 0 Å². The first-order chi connectivity index (χ1) is 6.61. The molecule has 4 heteroatoms. The molecule has 0 aliphatic carbocycles. The van der Waals surface area contributed by atoms with Crippen LogP contribution in [0.5, 0.6) is 0 Å². The fourth-order valence-corrected chi connectivity index (χ4v) is 1.06. The van der Waals surface area contributed by atoms with Gasteiger partial charge in [0.2, 0.25) is 0 Å². The van der Waals surface area contributed by atoms with E-state index in [0.29, 0.717) is 26.3 Å². The number of rotatable bonds is 6. The number of carbonyl (C=O) groups excluding carboxylic acids is 1. The Morgan fingerprint density at radius 1 is 1.43 bits per heavy atom. The first-order valence-electron chi connectivity index (χ1n) is 5.25. The molecule has 0 spiro atoms. The molecule has 0 saturated carbocycles. The molecule has 0 radical (unpaired) electrons. The van der Waals surface area contributed by atoms with Crippen LogP contribution < -0.4 is 5.32 Å². The predicted octanol–water partition coefficient (Wildman–Crippen LogP) is 1.46. The molecule has 0 aromatic carbocycles. The zero-order valence-electron chi connectivity index (χ0n) is 9.67. The van der Waals surface area contributed by atoms with Crippen LogP contribution in [0.4, 0.5) is 4.79 Å². The normalized spacial score (nSPS) is 10.4. The van der Waals surface area contributed by atoms with Crippen molar-refractivity contribution in [2.75, 3.05) is 26.3 Å². The van der Waals surface area contributed by atoms with E-state index in [1.165, 1.54) is 0 Å². The van der Waals surface area contributed by atoms with Gasteiger partial charge in [-0.3, -0.25) is 0 Å². The van der Waals surface area contributed by atoms with E-state index in [1.807, 2.05) is 27.7 Å². The van der Waals surface area contributed by atoms with E-state index in [4.69, 9.17) is 4.74 Å². The highest BCUT2D eigenvalue weighted by atomic mass is 16.5. The standard InChI is InChI=1S/C10H22N2O2/c1-5-12(7-8-14-6-2)10(13)11-9(3)4/h9H,5-8H2,1-4H3,(H,11,13). The highest BCUT2D eigenvalue weighted by molar-refractivity contribution is 5.74. The number of amides is 2. The van der Waals surface area contributed by atoms with Gasteiger partial charge in [0.15, 0.2) is 0 Å². The molecule has 0 aromatic rings. The Kier molecular flexibility index (Phi) is 7.20. The lowest BCUT2D eigenvalue weighted by molar-refractivity contribution is 0.120. The van der Waals surface area contributed by atoms with Crippen LogP contribution in [-0.4, -0.2) is 43.3 Å². The van der Waals surface area contributed by atoms with Crippen molar-refractivity contribution in [1.29, 1.82) is 0 Å².